The zero-order valence-corrected chi connectivity index (χ0v) is 19.8. The van der Waals surface area contributed by atoms with Gasteiger partial charge in [0.25, 0.3) is 11.8 Å². The van der Waals surface area contributed by atoms with Crippen LogP contribution >= 0.6 is 0 Å². The van der Waals surface area contributed by atoms with Crippen LogP contribution in [0.1, 0.15) is 33.6 Å². The van der Waals surface area contributed by atoms with Crippen LogP contribution in [0.3, 0.4) is 0 Å². The average molecular weight is 488 g/mol. The molecular formula is C26H29N7O3. The van der Waals surface area contributed by atoms with Crippen molar-refractivity contribution >= 4 is 23.6 Å². The minimum absolute atomic E-state index is 0.0379. The molecule has 1 aromatic carbocycles. The first-order valence-corrected chi connectivity index (χ1v) is 12.0. The number of hydrogen-bond acceptors (Lipinski definition) is 8. The number of rotatable bonds is 6. The normalized spacial score (nSPS) is 20.4. The molecule has 0 spiro atoms. The number of primary amides is 1. The molecule has 10 nitrogen and oxygen atoms in total. The minimum atomic E-state index is -0.570. The molecule has 3 heterocycles. The second-order valence-electron chi connectivity index (χ2n) is 8.97. The SMILES string of the molecule is NC(=O)c1cnc(NC2=C/C=C/N3CCN(C(=O)c4ccccc4)CC3COC=C2)nc1NC1CC1. The van der Waals surface area contributed by atoms with Crippen molar-refractivity contribution in [2.24, 2.45) is 5.73 Å². The highest BCUT2D eigenvalue weighted by Crippen LogP contribution is 2.26. The number of amides is 2. The van der Waals surface area contributed by atoms with E-state index in [1.165, 1.54) is 6.20 Å². The van der Waals surface area contributed by atoms with Crippen molar-refractivity contribution in [1.82, 2.24) is 19.8 Å². The molecule has 10 heteroatoms. The van der Waals surface area contributed by atoms with E-state index in [9.17, 15) is 9.59 Å². The van der Waals surface area contributed by atoms with Crippen molar-refractivity contribution in [3.8, 4) is 0 Å². The minimum Gasteiger partial charge on any atom is -0.499 e. The summed E-state index contributed by atoms with van der Waals surface area (Å²) in [6, 6.07) is 9.70. The van der Waals surface area contributed by atoms with Gasteiger partial charge in [-0.25, -0.2) is 4.98 Å². The fraction of sp³-hybridized carbons (Fsp3) is 0.308. The standard InChI is InChI=1S/C26H29N7O3/c27-23(34)22-15-28-26(31-24(22)29-20-8-9-20)30-19-7-4-11-32-12-13-33(16-21(32)17-36-14-10-19)25(35)18-5-2-1-3-6-18/h1-7,10-11,14-15,20-21H,8-9,12-13,16-17H2,(H2,27,34)(H2,28,29,30,31)/b11-4+,14-10?,19-7?. The quantitative estimate of drug-likeness (QED) is 0.567. The molecule has 1 saturated carbocycles. The molecule has 2 amide bonds. The van der Waals surface area contributed by atoms with Crippen molar-refractivity contribution in [2.75, 3.05) is 36.9 Å². The highest BCUT2D eigenvalue weighted by molar-refractivity contribution is 5.97. The van der Waals surface area contributed by atoms with Crippen molar-refractivity contribution in [3.05, 3.63) is 84.0 Å². The Hall–Kier alpha value is -4.34. The van der Waals surface area contributed by atoms with Gasteiger partial charge in [0.05, 0.1) is 17.9 Å². The van der Waals surface area contributed by atoms with Crippen molar-refractivity contribution in [3.63, 3.8) is 0 Å². The van der Waals surface area contributed by atoms with Gasteiger partial charge in [-0.1, -0.05) is 18.2 Å². The molecule has 1 aliphatic carbocycles. The Bertz CT molecular complexity index is 1210. The molecule has 2 fully saturated rings. The van der Waals surface area contributed by atoms with Gasteiger partial charge in [0.2, 0.25) is 5.95 Å². The number of hydrogen-bond donors (Lipinski definition) is 3. The van der Waals surface area contributed by atoms with E-state index in [-0.39, 0.29) is 17.5 Å². The number of fused-ring (bicyclic) bond motifs is 1. The van der Waals surface area contributed by atoms with Crippen LogP contribution in [-0.2, 0) is 4.74 Å². The van der Waals surface area contributed by atoms with Gasteiger partial charge in [-0.15, -0.1) is 0 Å². The van der Waals surface area contributed by atoms with Gasteiger partial charge in [0, 0.05) is 43.1 Å². The molecule has 1 atom stereocenters. The van der Waals surface area contributed by atoms with Gasteiger partial charge in [-0.3, -0.25) is 9.59 Å². The lowest BCUT2D eigenvalue weighted by atomic mass is 10.1. The molecule has 36 heavy (non-hydrogen) atoms. The predicted octanol–water partition coefficient (Wildman–Crippen LogP) is 2.33. The van der Waals surface area contributed by atoms with E-state index in [4.69, 9.17) is 10.5 Å². The largest absolute Gasteiger partial charge is 0.499 e. The monoisotopic (exact) mass is 487 g/mol. The first kappa shape index (κ1) is 23.4. The molecule has 1 aromatic heterocycles. The maximum atomic E-state index is 12.9. The lowest BCUT2D eigenvalue weighted by Gasteiger charge is -2.40. The molecule has 186 valence electrons. The molecule has 4 N–H and O–H groups in total. The van der Waals surface area contributed by atoms with E-state index < -0.39 is 5.91 Å². The number of nitrogens with one attached hydrogen (secondary N) is 2. The van der Waals surface area contributed by atoms with Crippen LogP contribution in [0, 0.1) is 0 Å². The molecule has 2 aliphatic heterocycles. The number of ether oxygens (including phenoxy) is 1. The third-order valence-corrected chi connectivity index (χ3v) is 6.25. The van der Waals surface area contributed by atoms with E-state index >= 15 is 0 Å². The van der Waals surface area contributed by atoms with Crippen molar-refractivity contribution in [1.29, 1.82) is 0 Å². The van der Waals surface area contributed by atoms with Crippen LogP contribution in [0.15, 0.2) is 72.9 Å². The second-order valence-corrected chi connectivity index (χ2v) is 8.97. The molecule has 5 rings (SSSR count). The average Bonchev–Trinajstić information content (AvgIpc) is 3.71. The molecule has 0 bridgehead atoms. The molecule has 1 saturated heterocycles. The van der Waals surface area contributed by atoms with Crippen LogP contribution in [-0.4, -0.2) is 69.9 Å². The summed E-state index contributed by atoms with van der Waals surface area (Å²) < 4.78 is 5.83. The number of benzene rings is 1. The Morgan fingerprint density at radius 3 is 2.75 bits per heavy atom. The van der Waals surface area contributed by atoms with Crippen molar-refractivity contribution in [2.45, 2.75) is 24.9 Å². The van der Waals surface area contributed by atoms with E-state index in [1.54, 1.807) is 12.3 Å². The Morgan fingerprint density at radius 1 is 1.14 bits per heavy atom. The second kappa shape index (κ2) is 10.5. The zero-order chi connectivity index (χ0) is 24.9. The van der Waals surface area contributed by atoms with E-state index in [2.05, 4.69) is 25.5 Å². The van der Waals surface area contributed by atoms with Crippen LogP contribution < -0.4 is 16.4 Å². The highest BCUT2D eigenvalue weighted by Gasteiger charge is 2.29. The molecule has 0 radical (unpaired) electrons. The Morgan fingerprint density at radius 2 is 1.97 bits per heavy atom. The summed E-state index contributed by atoms with van der Waals surface area (Å²) in [7, 11) is 0. The smallest absolute Gasteiger partial charge is 0.254 e. The Balaban J connectivity index is 1.26. The maximum absolute atomic E-state index is 12.9. The number of nitrogens with zero attached hydrogens (tertiary/aromatic N) is 4. The molecule has 1 unspecified atom stereocenters. The van der Waals surface area contributed by atoms with Crippen LogP contribution in [0.2, 0.25) is 0 Å². The van der Waals surface area contributed by atoms with Gasteiger partial charge in [0.15, 0.2) is 0 Å². The lowest BCUT2D eigenvalue weighted by Crippen LogP contribution is -2.54. The van der Waals surface area contributed by atoms with Gasteiger partial charge >= 0.3 is 0 Å². The van der Waals surface area contributed by atoms with E-state index in [0.29, 0.717) is 55.3 Å². The summed E-state index contributed by atoms with van der Waals surface area (Å²) in [5.74, 6) is 0.245. The van der Waals surface area contributed by atoms with Gasteiger partial charge in [-0.2, -0.15) is 4.98 Å². The third kappa shape index (κ3) is 5.65. The summed E-state index contributed by atoms with van der Waals surface area (Å²) in [5.41, 5.74) is 7.15. The molecule has 2 aromatic rings. The predicted molar refractivity (Wildman–Crippen MR) is 136 cm³/mol. The molecular weight excluding hydrogens is 458 g/mol. The summed E-state index contributed by atoms with van der Waals surface area (Å²) in [6.07, 6.45) is 12.8. The maximum Gasteiger partial charge on any atom is 0.254 e. The first-order chi connectivity index (χ1) is 17.6. The zero-order valence-electron chi connectivity index (χ0n) is 19.8. The highest BCUT2D eigenvalue weighted by atomic mass is 16.5. The topological polar surface area (TPSA) is 126 Å². The van der Waals surface area contributed by atoms with Crippen molar-refractivity contribution < 1.29 is 14.3 Å². The van der Waals surface area contributed by atoms with Gasteiger partial charge in [-0.05, 0) is 49.4 Å². The van der Waals surface area contributed by atoms with E-state index in [0.717, 1.165) is 12.8 Å². The number of carbonyl (C=O) groups is 2. The number of anilines is 2. The van der Waals surface area contributed by atoms with Crippen LogP contribution in [0.4, 0.5) is 11.8 Å². The molecule has 3 aliphatic rings. The summed E-state index contributed by atoms with van der Waals surface area (Å²) >= 11 is 0. The Kier molecular flexibility index (Phi) is 6.83. The van der Waals surface area contributed by atoms with Crippen LogP contribution in [0.5, 0.6) is 0 Å². The third-order valence-electron chi connectivity index (χ3n) is 6.25. The van der Waals surface area contributed by atoms with Gasteiger partial charge < -0.3 is 30.9 Å². The summed E-state index contributed by atoms with van der Waals surface area (Å²) in [5, 5.41) is 6.40. The number of nitrogens with two attached hydrogens (primary N) is 1. The number of allylic oxidation sites excluding steroid dienone is 3. The van der Waals surface area contributed by atoms with E-state index in [1.807, 2.05) is 53.6 Å². The summed E-state index contributed by atoms with van der Waals surface area (Å²) in [6.45, 7) is 2.36. The van der Waals surface area contributed by atoms with Crippen LogP contribution in [0.25, 0.3) is 0 Å². The number of aromatic nitrogens is 2. The fourth-order valence-corrected chi connectivity index (χ4v) is 4.13. The number of piperazine rings is 1. The lowest BCUT2D eigenvalue weighted by molar-refractivity contribution is 0.0455. The van der Waals surface area contributed by atoms with Gasteiger partial charge in [0.1, 0.15) is 12.4 Å². The Labute approximate surface area is 209 Å². The summed E-state index contributed by atoms with van der Waals surface area (Å²) in [4.78, 5) is 37.4. The number of carbonyl (C=O) groups excluding carboxylic acids is 2. The first-order valence-electron chi connectivity index (χ1n) is 12.0. The fourth-order valence-electron chi connectivity index (χ4n) is 4.13.